The second kappa shape index (κ2) is 8.40. The van der Waals surface area contributed by atoms with Crippen LogP contribution >= 0.6 is 0 Å². The van der Waals surface area contributed by atoms with E-state index in [1.54, 1.807) is 0 Å². The summed E-state index contributed by atoms with van der Waals surface area (Å²) in [7, 11) is 0. The predicted molar refractivity (Wildman–Crippen MR) is 83.6 cm³/mol. The molecule has 0 heterocycles. The van der Waals surface area contributed by atoms with Crippen molar-refractivity contribution in [2.24, 2.45) is 10.7 Å². The minimum absolute atomic E-state index is 0.207. The topological polar surface area (TPSA) is 53.6 Å². The number of guanidine groups is 1. The highest BCUT2D eigenvalue weighted by molar-refractivity contribution is 5.77. The fourth-order valence-electron chi connectivity index (χ4n) is 1.95. The van der Waals surface area contributed by atoms with E-state index in [1.807, 2.05) is 30.9 Å². The molecule has 5 heteroatoms. The fraction of sp³-hybridized carbons (Fsp3) is 0.533. The molecule has 1 aromatic carbocycles. The van der Waals surface area contributed by atoms with Gasteiger partial charge in [0.1, 0.15) is 5.82 Å². The normalized spacial score (nSPS) is 11.5. The van der Waals surface area contributed by atoms with Crippen molar-refractivity contribution < 1.29 is 4.39 Å². The van der Waals surface area contributed by atoms with Crippen LogP contribution in [0.15, 0.2) is 23.2 Å². The van der Waals surface area contributed by atoms with Crippen LogP contribution in [0.3, 0.4) is 0 Å². The highest BCUT2D eigenvalue weighted by Crippen LogP contribution is 2.20. The average Bonchev–Trinajstić information content (AvgIpc) is 2.46. The van der Waals surface area contributed by atoms with E-state index in [1.165, 1.54) is 6.07 Å². The number of benzene rings is 1. The zero-order valence-electron chi connectivity index (χ0n) is 12.6. The van der Waals surface area contributed by atoms with Crippen LogP contribution < -0.4 is 16.0 Å². The summed E-state index contributed by atoms with van der Waals surface area (Å²) < 4.78 is 14.1. The van der Waals surface area contributed by atoms with Gasteiger partial charge in [0.2, 0.25) is 0 Å². The van der Waals surface area contributed by atoms with Crippen molar-refractivity contribution in [3.63, 3.8) is 0 Å². The van der Waals surface area contributed by atoms with Crippen LogP contribution in [-0.2, 0) is 6.54 Å². The number of aliphatic imine (C=N–C) groups is 1. The summed E-state index contributed by atoms with van der Waals surface area (Å²) in [6.45, 7) is 8.85. The maximum Gasteiger partial charge on any atom is 0.188 e. The quantitative estimate of drug-likeness (QED) is 0.596. The number of hydrogen-bond acceptors (Lipinski definition) is 2. The van der Waals surface area contributed by atoms with E-state index in [0.29, 0.717) is 18.2 Å². The molecule has 20 heavy (non-hydrogen) atoms. The van der Waals surface area contributed by atoms with E-state index in [4.69, 9.17) is 5.73 Å². The molecule has 0 bridgehead atoms. The van der Waals surface area contributed by atoms with Gasteiger partial charge in [0.05, 0.1) is 12.2 Å². The van der Waals surface area contributed by atoms with Crippen molar-refractivity contribution in [1.82, 2.24) is 5.32 Å². The number of anilines is 1. The summed E-state index contributed by atoms with van der Waals surface area (Å²) in [5.74, 6) is 0.196. The van der Waals surface area contributed by atoms with Crippen molar-refractivity contribution in [2.75, 3.05) is 24.5 Å². The molecule has 0 aliphatic rings. The first-order valence-electron chi connectivity index (χ1n) is 7.19. The molecule has 0 aromatic heterocycles. The molecular formula is C15H25FN4. The van der Waals surface area contributed by atoms with Gasteiger partial charge in [0.25, 0.3) is 0 Å². The van der Waals surface area contributed by atoms with Gasteiger partial charge in [-0.15, -0.1) is 0 Å². The molecule has 0 spiro atoms. The van der Waals surface area contributed by atoms with E-state index in [0.717, 1.165) is 31.6 Å². The predicted octanol–water partition coefficient (Wildman–Crippen LogP) is 2.49. The van der Waals surface area contributed by atoms with Gasteiger partial charge in [-0.25, -0.2) is 9.38 Å². The lowest BCUT2D eigenvalue weighted by Crippen LogP contribution is -2.32. The van der Waals surface area contributed by atoms with Crippen LogP contribution in [0, 0.1) is 5.82 Å². The molecule has 0 fully saturated rings. The number of nitrogens with zero attached hydrogens (tertiary/aromatic N) is 2. The molecule has 0 atom stereocenters. The lowest BCUT2D eigenvalue weighted by molar-refractivity contribution is 0.617. The first kappa shape index (κ1) is 16.3. The van der Waals surface area contributed by atoms with Gasteiger partial charge in [-0.1, -0.05) is 13.0 Å². The minimum Gasteiger partial charge on any atom is -0.370 e. The van der Waals surface area contributed by atoms with Crippen LogP contribution in [0.5, 0.6) is 0 Å². The zero-order chi connectivity index (χ0) is 15.0. The SMILES string of the molecule is CCCNC(N)=NCc1ccc(N(CC)CC)c(F)c1. The van der Waals surface area contributed by atoms with Crippen molar-refractivity contribution in [3.05, 3.63) is 29.6 Å². The summed E-state index contributed by atoms with van der Waals surface area (Å²) in [5.41, 5.74) is 7.16. The van der Waals surface area contributed by atoms with E-state index < -0.39 is 0 Å². The van der Waals surface area contributed by atoms with E-state index >= 15 is 0 Å². The molecule has 1 rings (SSSR count). The molecule has 0 amide bonds. The Bertz CT molecular complexity index is 441. The number of rotatable bonds is 7. The molecule has 0 aliphatic carbocycles. The maximum atomic E-state index is 14.1. The summed E-state index contributed by atoms with van der Waals surface area (Å²) in [5, 5.41) is 2.99. The summed E-state index contributed by atoms with van der Waals surface area (Å²) in [6.07, 6.45) is 0.989. The molecule has 0 saturated heterocycles. The Morgan fingerprint density at radius 2 is 2.00 bits per heavy atom. The Balaban J connectivity index is 2.72. The van der Waals surface area contributed by atoms with Crippen molar-refractivity contribution in [3.8, 4) is 0 Å². The lowest BCUT2D eigenvalue weighted by Gasteiger charge is -2.21. The Hall–Kier alpha value is -1.78. The first-order chi connectivity index (χ1) is 9.62. The summed E-state index contributed by atoms with van der Waals surface area (Å²) >= 11 is 0. The van der Waals surface area contributed by atoms with Crippen LogP contribution in [-0.4, -0.2) is 25.6 Å². The average molecular weight is 280 g/mol. The highest BCUT2D eigenvalue weighted by Gasteiger charge is 2.08. The summed E-state index contributed by atoms with van der Waals surface area (Å²) in [4.78, 5) is 6.18. The smallest absolute Gasteiger partial charge is 0.188 e. The molecule has 3 N–H and O–H groups in total. The van der Waals surface area contributed by atoms with E-state index in [-0.39, 0.29) is 5.82 Å². The van der Waals surface area contributed by atoms with Gasteiger partial charge in [0, 0.05) is 19.6 Å². The molecule has 0 unspecified atom stereocenters. The summed E-state index contributed by atoms with van der Waals surface area (Å²) in [6, 6.07) is 5.24. The second-order valence-corrected chi connectivity index (χ2v) is 4.59. The molecule has 1 aromatic rings. The first-order valence-corrected chi connectivity index (χ1v) is 7.19. The Morgan fingerprint density at radius 1 is 1.30 bits per heavy atom. The number of nitrogens with one attached hydrogen (secondary N) is 1. The van der Waals surface area contributed by atoms with Gasteiger partial charge >= 0.3 is 0 Å². The van der Waals surface area contributed by atoms with Gasteiger partial charge in [-0.3, -0.25) is 0 Å². The van der Waals surface area contributed by atoms with Crippen LogP contribution in [0.4, 0.5) is 10.1 Å². The second-order valence-electron chi connectivity index (χ2n) is 4.59. The van der Waals surface area contributed by atoms with Crippen LogP contribution in [0.1, 0.15) is 32.8 Å². The molecular weight excluding hydrogens is 255 g/mol. The molecule has 0 saturated carbocycles. The number of halogens is 1. The number of hydrogen-bond donors (Lipinski definition) is 2. The lowest BCUT2D eigenvalue weighted by atomic mass is 10.2. The molecule has 4 nitrogen and oxygen atoms in total. The van der Waals surface area contributed by atoms with Gasteiger partial charge in [-0.2, -0.15) is 0 Å². The fourth-order valence-corrected chi connectivity index (χ4v) is 1.95. The van der Waals surface area contributed by atoms with Crippen molar-refractivity contribution in [1.29, 1.82) is 0 Å². The van der Waals surface area contributed by atoms with Crippen molar-refractivity contribution in [2.45, 2.75) is 33.7 Å². The maximum absolute atomic E-state index is 14.1. The third-order valence-corrected chi connectivity index (χ3v) is 3.10. The van der Waals surface area contributed by atoms with Gasteiger partial charge in [0.15, 0.2) is 5.96 Å². The monoisotopic (exact) mass is 280 g/mol. The Morgan fingerprint density at radius 3 is 2.55 bits per heavy atom. The van der Waals surface area contributed by atoms with E-state index in [9.17, 15) is 4.39 Å². The van der Waals surface area contributed by atoms with Crippen molar-refractivity contribution >= 4 is 11.6 Å². The molecule has 0 radical (unpaired) electrons. The molecule has 0 aliphatic heterocycles. The van der Waals surface area contributed by atoms with E-state index in [2.05, 4.69) is 17.2 Å². The van der Waals surface area contributed by atoms with Crippen LogP contribution in [0.2, 0.25) is 0 Å². The van der Waals surface area contributed by atoms with Gasteiger partial charge < -0.3 is 16.0 Å². The highest BCUT2D eigenvalue weighted by atomic mass is 19.1. The standard InChI is InChI=1S/C15H25FN4/c1-4-9-18-15(17)19-11-12-7-8-14(13(16)10-12)20(5-2)6-3/h7-8,10H,4-6,9,11H2,1-3H3,(H3,17,18,19). The van der Waals surface area contributed by atoms with Crippen LogP contribution in [0.25, 0.3) is 0 Å². The third kappa shape index (κ3) is 4.72. The Labute approximate surface area is 120 Å². The largest absolute Gasteiger partial charge is 0.370 e. The molecule has 112 valence electrons. The zero-order valence-corrected chi connectivity index (χ0v) is 12.6. The minimum atomic E-state index is -0.207. The Kier molecular flexibility index (Phi) is 6.84. The number of nitrogens with two attached hydrogens (primary N) is 1. The third-order valence-electron chi connectivity index (χ3n) is 3.10. The van der Waals surface area contributed by atoms with Gasteiger partial charge in [-0.05, 0) is 38.0 Å².